The van der Waals surface area contributed by atoms with Crippen molar-refractivity contribution in [2.45, 2.75) is 13.8 Å². The van der Waals surface area contributed by atoms with Gasteiger partial charge in [-0.1, -0.05) is 25.1 Å². The Morgan fingerprint density at radius 3 is 2.36 bits per heavy atom. The number of nitrogens with one attached hydrogen (secondary N) is 2. The van der Waals surface area contributed by atoms with Gasteiger partial charge in [-0.25, -0.2) is 0 Å². The largest absolute Gasteiger partial charge is 0.369 e. The first-order valence-corrected chi connectivity index (χ1v) is 9.78. The van der Waals surface area contributed by atoms with Gasteiger partial charge < -0.3 is 20.4 Å². The minimum Gasteiger partial charge on any atom is -0.369 e. The van der Waals surface area contributed by atoms with Crippen LogP contribution in [-0.4, -0.2) is 56.0 Å². The topological polar surface area (TPSA) is 64.7 Å². The number of nitrogens with zero attached hydrogens (tertiary/aromatic N) is 2. The van der Waals surface area contributed by atoms with Gasteiger partial charge in [-0.3, -0.25) is 9.59 Å². The van der Waals surface area contributed by atoms with Crippen LogP contribution in [0.3, 0.4) is 0 Å². The molecule has 0 atom stereocenters. The lowest BCUT2D eigenvalue weighted by Gasteiger charge is -2.35. The van der Waals surface area contributed by atoms with Gasteiger partial charge in [0.15, 0.2) is 0 Å². The van der Waals surface area contributed by atoms with Crippen molar-refractivity contribution in [1.29, 1.82) is 0 Å². The summed E-state index contributed by atoms with van der Waals surface area (Å²) in [7, 11) is 0. The van der Waals surface area contributed by atoms with Crippen molar-refractivity contribution in [2.75, 3.05) is 49.5 Å². The first kappa shape index (κ1) is 19.9. The van der Waals surface area contributed by atoms with E-state index >= 15 is 0 Å². The molecule has 0 radical (unpaired) electrons. The Bertz CT molecular complexity index is 815. The van der Waals surface area contributed by atoms with Gasteiger partial charge in [0, 0.05) is 43.1 Å². The first-order valence-electron chi connectivity index (χ1n) is 9.78. The Balaban J connectivity index is 1.53. The molecule has 0 bridgehead atoms. The highest BCUT2D eigenvalue weighted by atomic mass is 16.2. The Morgan fingerprint density at radius 2 is 1.71 bits per heavy atom. The van der Waals surface area contributed by atoms with Crippen LogP contribution in [0, 0.1) is 6.92 Å². The normalized spacial score (nSPS) is 14.6. The quantitative estimate of drug-likeness (QED) is 0.808. The summed E-state index contributed by atoms with van der Waals surface area (Å²) in [6.07, 6.45) is 0. The molecular weight excluding hydrogens is 352 g/mol. The number of hydrogen-bond donors (Lipinski definition) is 2. The summed E-state index contributed by atoms with van der Waals surface area (Å²) in [6, 6.07) is 15.0. The molecule has 1 aliphatic rings. The molecule has 0 saturated carbocycles. The molecule has 0 aromatic heterocycles. The van der Waals surface area contributed by atoms with Crippen molar-refractivity contribution in [3.63, 3.8) is 0 Å². The standard InChI is InChI=1S/C22H28N4O2/c1-3-25-11-13-26(14-12-25)19-9-10-20(17(2)15-19)24-21(27)16-23-22(28)18-7-5-4-6-8-18/h4-10,15H,3,11-14,16H2,1-2H3,(H,23,28)(H,24,27). The van der Waals surface area contributed by atoms with Crippen molar-refractivity contribution in [2.24, 2.45) is 0 Å². The number of hydrogen-bond acceptors (Lipinski definition) is 4. The molecule has 3 rings (SSSR count). The Morgan fingerprint density at radius 1 is 1.00 bits per heavy atom. The van der Waals surface area contributed by atoms with Crippen LogP contribution in [0.15, 0.2) is 48.5 Å². The lowest BCUT2D eigenvalue weighted by atomic mass is 10.1. The van der Waals surface area contributed by atoms with Crippen LogP contribution in [0.4, 0.5) is 11.4 Å². The van der Waals surface area contributed by atoms with Crippen LogP contribution in [0.5, 0.6) is 0 Å². The summed E-state index contributed by atoms with van der Waals surface area (Å²) in [5, 5.41) is 5.53. The van der Waals surface area contributed by atoms with E-state index in [1.54, 1.807) is 24.3 Å². The molecule has 2 amide bonds. The number of likely N-dealkylation sites (N-methyl/N-ethyl adjacent to an activating group) is 1. The summed E-state index contributed by atoms with van der Waals surface area (Å²) in [5.41, 5.74) is 3.51. The molecule has 2 aromatic rings. The Kier molecular flexibility index (Phi) is 6.66. The maximum Gasteiger partial charge on any atom is 0.251 e. The van der Waals surface area contributed by atoms with Crippen LogP contribution in [-0.2, 0) is 4.79 Å². The van der Waals surface area contributed by atoms with E-state index in [0.717, 1.165) is 44.0 Å². The number of carbonyl (C=O) groups is 2. The second-order valence-electron chi connectivity index (χ2n) is 7.02. The van der Waals surface area contributed by atoms with E-state index in [1.165, 1.54) is 5.69 Å². The first-order chi connectivity index (χ1) is 13.6. The summed E-state index contributed by atoms with van der Waals surface area (Å²) in [6.45, 7) is 9.41. The molecule has 0 spiro atoms. The fourth-order valence-electron chi connectivity index (χ4n) is 3.35. The van der Waals surface area contributed by atoms with Crippen molar-refractivity contribution in [3.8, 4) is 0 Å². The molecule has 6 heteroatoms. The molecule has 28 heavy (non-hydrogen) atoms. The van der Waals surface area contributed by atoms with E-state index in [2.05, 4.69) is 33.4 Å². The number of anilines is 2. The molecule has 6 nitrogen and oxygen atoms in total. The highest BCUT2D eigenvalue weighted by molar-refractivity contribution is 5.99. The number of rotatable bonds is 6. The maximum atomic E-state index is 12.2. The summed E-state index contributed by atoms with van der Waals surface area (Å²) < 4.78 is 0. The highest BCUT2D eigenvalue weighted by Crippen LogP contribution is 2.23. The molecular formula is C22H28N4O2. The van der Waals surface area contributed by atoms with Crippen LogP contribution in [0.2, 0.25) is 0 Å². The van der Waals surface area contributed by atoms with Gasteiger partial charge in [-0.2, -0.15) is 0 Å². The number of benzene rings is 2. The molecule has 0 aliphatic carbocycles. The molecule has 1 saturated heterocycles. The number of piperazine rings is 1. The summed E-state index contributed by atoms with van der Waals surface area (Å²) >= 11 is 0. The Labute approximate surface area is 166 Å². The van der Waals surface area contributed by atoms with Crippen molar-refractivity contribution < 1.29 is 9.59 Å². The van der Waals surface area contributed by atoms with Crippen LogP contribution < -0.4 is 15.5 Å². The van der Waals surface area contributed by atoms with Crippen molar-refractivity contribution >= 4 is 23.2 Å². The zero-order valence-electron chi connectivity index (χ0n) is 16.6. The third-order valence-corrected chi connectivity index (χ3v) is 5.11. The van der Waals surface area contributed by atoms with Gasteiger partial charge >= 0.3 is 0 Å². The van der Waals surface area contributed by atoms with E-state index < -0.39 is 0 Å². The van der Waals surface area contributed by atoms with Crippen LogP contribution in [0.1, 0.15) is 22.8 Å². The SMILES string of the molecule is CCN1CCN(c2ccc(NC(=O)CNC(=O)c3ccccc3)c(C)c2)CC1. The number of carbonyl (C=O) groups excluding carboxylic acids is 2. The van der Waals surface area contributed by atoms with Gasteiger partial charge in [-0.15, -0.1) is 0 Å². The van der Waals surface area contributed by atoms with Crippen molar-refractivity contribution in [1.82, 2.24) is 10.2 Å². The van der Waals surface area contributed by atoms with Gasteiger partial charge in [0.2, 0.25) is 5.91 Å². The average molecular weight is 380 g/mol. The number of aryl methyl sites for hydroxylation is 1. The molecule has 2 aromatic carbocycles. The van der Waals surface area contributed by atoms with Crippen LogP contribution in [0.25, 0.3) is 0 Å². The second kappa shape index (κ2) is 9.37. The van der Waals surface area contributed by atoms with Gasteiger partial charge in [-0.05, 0) is 49.4 Å². The third kappa shape index (κ3) is 5.10. The number of amides is 2. The zero-order valence-corrected chi connectivity index (χ0v) is 16.6. The minimum atomic E-state index is -0.256. The third-order valence-electron chi connectivity index (χ3n) is 5.11. The fraction of sp³-hybridized carbons (Fsp3) is 0.364. The predicted molar refractivity (Wildman–Crippen MR) is 113 cm³/mol. The zero-order chi connectivity index (χ0) is 19.9. The van der Waals surface area contributed by atoms with Gasteiger partial charge in [0.05, 0.1) is 6.54 Å². The molecule has 148 valence electrons. The lowest BCUT2D eigenvalue weighted by Crippen LogP contribution is -2.46. The highest BCUT2D eigenvalue weighted by Gasteiger charge is 2.16. The molecule has 1 fully saturated rings. The molecule has 1 heterocycles. The monoisotopic (exact) mass is 380 g/mol. The van der Waals surface area contributed by atoms with E-state index in [-0.39, 0.29) is 18.4 Å². The Hall–Kier alpha value is -2.86. The van der Waals surface area contributed by atoms with E-state index in [1.807, 2.05) is 25.1 Å². The van der Waals surface area contributed by atoms with Gasteiger partial charge in [0.25, 0.3) is 5.91 Å². The fourth-order valence-corrected chi connectivity index (χ4v) is 3.35. The van der Waals surface area contributed by atoms with E-state index in [0.29, 0.717) is 5.56 Å². The summed E-state index contributed by atoms with van der Waals surface area (Å²) in [5.74, 6) is -0.495. The lowest BCUT2D eigenvalue weighted by molar-refractivity contribution is -0.115. The molecule has 2 N–H and O–H groups in total. The van der Waals surface area contributed by atoms with E-state index in [9.17, 15) is 9.59 Å². The average Bonchev–Trinajstić information content (AvgIpc) is 2.74. The maximum absolute atomic E-state index is 12.2. The van der Waals surface area contributed by atoms with E-state index in [4.69, 9.17) is 0 Å². The predicted octanol–water partition coefficient (Wildman–Crippen LogP) is 2.51. The molecule has 0 unspecified atom stereocenters. The molecule has 1 aliphatic heterocycles. The smallest absolute Gasteiger partial charge is 0.251 e. The minimum absolute atomic E-state index is 0.0616. The van der Waals surface area contributed by atoms with Gasteiger partial charge in [0.1, 0.15) is 0 Å². The summed E-state index contributed by atoms with van der Waals surface area (Å²) in [4.78, 5) is 29.1. The second-order valence-corrected chi connectivity index (χ2v) is 7.02. The van der Waals surface area contributed by atoms with Crippen molar-refractivity contribution in [3.05, 3.63) is 59.7 Å². The van der Waals surface area contributed by atoms with Crippen LogP contribution >= 0.6 is 0 Å².